The zero-order valence-electron chi connectivity index (χ0n) is 23.3. The number of benzene rings is 4. The normalized spacial score (nSPS) is 12.0. The minimum absolute atomic E-state index is 0.804. The number of nitrogens with zero attached hydrogens (tertiary/aromatic N) is 4. The van der Waals surface area contributed by atoms with Gasteiger partial charge in [0.1, 0.15) is 11.6 Å². The molecule has 0 saturated heterocycles. The molecular weight excluding hydrogens is 528 g/mol. The van der Waals surface area contributed by atoms with Crippen LogP contribution in [-0.2, 0) is 0 Å². The fourth-order valence-corrected chi connectivity index (χ4v) is 5.89. The van der Waals surface area contributed by atoms with Gasteiger partial charge < -0.3 is 4.74 Å². The molecule has 1 aliphatic heterocycles. The average Bonchev–Trinajstić information content (AvgIpc) is 3.40. The lowest BCUT2D eigenvalue weighted by Gasteiger charge is -2.31. The first-order valence-electron chi connectivity index (χ1n) is 14.1. The van der Waals surface area contributed by atoms with Crippen LogP contribution in [0.15, 0.2) is 135 Å². The lowest BCUT2D eigenvalue weighted by molar-refractivity contribution is 0.476. The van der Waals surface area contributed by atoms with E-state index in [2.05, 4.69) is 89.4 Å². The predicted octanol–water partition coefficient (Wildman–Crippen LogP) is 10.1. The smallest absolute Gasteiger partial charge is 0.151 e. The van der Waals surface area contributed by atoms with Crippen molar-refractivity contribution in [3.63, 3.8) is 0 Å². The third kappa shape index (κ3) is 4.02. The Bertz CT molecular complexity index is 2080. The quantitative estimate of drug-likeness (QED) is 0.212. The molecule has 0 aliphatic carbocycles. The summed E-state index contributed by atoms with van der Waals surface area (Å²) in [5.41, 5.74) is 8.26. The predicted molar refractivity (Wildman–Crippen MR) is 177 cm³/mol. The molecular formula is C38H26N4O. The third-order valence-electron chi connectivity index (χ3n) is 8.00. The van der Waals surface area contributed by atoms with Gasteiger partial charge in [0, 0.05) is 34.3 Å². The summed E-state index contributed by atoms with van der Waals surface area (Å²) in [4.78, 5) is 11.9. The van der Waals surface area contributed by atoms with Crippen LogP contribution in [0.3, 0.4) is 0 Å². The molecule has 0 spiro atoms. The first kappa shape index (κ1) is 24.8. The Labute approximate surface area is 249 Å². The minimum Gasteiger partial charge on any atom is -0.453 e. The van der Waals surface area contributed by atoms with Gasteiger partial charge in [-0.25, -0.2) is 9.97 Å². The van der Waals surface area contributed by atoms with Crippen molar-refractivity contribution >= 4 is 51.2 Å². The van der Waals surface area contributed by atoms with E-state index >= 15 is 0 Å². The lowest BCUT2D eigenvalue weighted by Crippen LogP contribution is -2.16. The molecule has 0 bridgehead atoms. The zero-order valence-corrected chi connectivity index (χ0v) is 23.3. The number of aromatic nitrogens is 3. The van der Waals surface area contributed by atoms with Crippen LogP contribution in [0.2, 0.25) is 0 Å². The molecule has 5 nitrogen and oxygen atoms in total. The van der Waals surface area contributed by atoms with Gasteiger partial charge in [0.2, 0.25) is 0 Å². The minimum atomic E-state index is 0.804. The summed E-state index contributed by atoms with van der Waals surface area (Å²) < 4.78 is 8.36. The van der Waals surface area contributed by atoms with Crippen LogP contribution in [0, 0.1) is 0 Å². The van der Waals surface area contributed by atoms with Crippen LogP contribution in [0.5, 0.6) is 11.5 Å². The van der Waals surface area contributed by atoms with E-state index in [-0.39, 0.29) is 0 Å². The van der Waals surface area contributed by atoms with Crippen molar-refractivity contribution in [2.24, 2.45) is 0 Å². The maximum absolute atomic E-state index is 6.15. The van der Waals surface area contributed by atoms with Gasteiger partial charge in [0.05, 0.1) is 22.4 Å². The largest absolute Gasteiger partial charge is 0.453 e. The molecule has 43 heavy (non-hydrogen) atoms. The fraction of sp³-hybridized carbons (Fsp3) is 0. The summed E-state index contributed by atoms with van der Waals surface area (Å²) in [6, 6.07) is 37.2. The van der Waals surface area contributed by atoms with Crippen molar-refractivity contribution in [3.8, 4) is 28.4 Å². The first-order valence-corrected chi connectivity index (χ1v) is 14.1. The van der Waals surface area contributed by atoms with Gasteiger partial charge in [-0.2, -0.15) is 0 Å². The first-order chi connectivity index (χ1) is 21.2. The number of pyridine rings is 2. The van der Waals surface area contributed by atoms with E-state index in [1.807, 2.05) is 67.0 Å². The molecule has 1 aliphatic rings. The van der Waals surface area contributed by atoms with Crippen LogP contribution >= 0.6 is 0 Å². The van der Waals surface area contributed by atoms with E-state index in [1.165, 1.54) is 0 Å². The molecule has 0 atom stereocenters. The summed E-state index contributed by atoms with van der Waals surface area (Å²) in [5, 5.41) is 2.32. The van der Waals surface area contributed by atoms with Gasteiger partial charge in [-0.3, -0.25) is 9.47 Å². The molecule has 8 rings (SSSR count). The van der Waals surface area contributed by atoms with Gasteiger partial charge in [0.15, 0.2) is 11.5 Å². The molecule has 0 saturated carbocycles. The molecule has 5 heteroatoms. The highest BCUT2D eigenvalue weighted by Gasteiger charge is 2.26. The van der Waals surface area contributed by atoms with Gasteiger partial charge in [-0.05, 0) is 83.9 Å². The Balaban J connectivity index is 1.17. The molecule has 3 aromatic heterocycles. The zero-order chi connectivity index (χ0) is 28.9. The summed E-state index contributed by atoms with van der Waals surface area (Å²) in [7, 11) is 0. The maximum atomic E-state index is 6.15. The molecule has 0 unspecified atom stereocenters. The van der Waals surface area contributed by atoms with E-state index in [9.17, 15) is 0 Å². The van der Waals surface area contributed by atoms with Gasteiger partial charge in [-0.1, -0.05) is 61.7 Å². The SMILES string of the molecule is C=Cc1ccc2c(c1)c1cc(C=C)ccc1n2-c1ccc(-c2ccc(N3c4ccccc4Oc4ccccc43)nc2)cn1. The Hall–Kier alpha value is -5.94. The number of anilines is 3. The number of para-hydroxylation sites is 4. The number of hydrogen-bond donors (Lipinski definition) is 0. The van der Waals surface area contributed by atoms with Crippen LogP contribution < -0.4 is 9.64 Å². The van der Waals surface area contributed by atoms with Gasteiger partial charge in [-0.15, -0.1) is 0 Å². The molecule has 0 radical (unpaired) electrons. The highest BCUT2D eigenvalue weighted by molar-refractivity contribution is 6.10. The number of ether oxygens (including phenoxy) is 1. The summed E-state index contributed by atoms with van der Waals surface area (Å²) in [6.45, 7) is 7.92. The van der Waals surface area contributed by atoms with Crippen molar-refractivity contribution in [2.45, 2.75) is 0 Å². The van der Waals surface area contributed by atoms with Crippen LogP contribution in [0.4, 0.5) is 17.2 Å². The third-order valence-corrected chi connectivity index (χ3v) is 8.00. The molecule has 4 aromatic carbocycles. The Morgan fingerprint density at radius 3 is 1.56 bits per heavy atom. The maximum Gasteiger partial charge on any atom is 0.151 e. The fourth-order valence-electron chi connectivity index (χ4n) is 5.89. The molecule has 7 aromatic rings. The lowest BCUT2D eigenvalue weighted by atomic mass is 10.1. The van der Waals surface area contributed by atoms with E-state index in [1.54, 1.807) is 0 Å². The van der Waals surface area contributed by atoms with Crippen LogP contribution in [0.1, 0.15) is 11.1 Å². The number of fused-ring (bicyclic) bond motifs is 5. The van der Waals surface area contributed by atoms with Gasteiger partial charge >= 0.3 is 0 Å². The standard InChI is InChI=1S/C38H26N4O/c1-3-25-13-17-31-29(21-25)30-22-26(4-2)14-18-32(30)41(31)37-19-15-27(23-39-37)28-16-20-38(40-24-28)42-33-9-5-7-11-35(33)43-36-12-8-6-10-34(36)42/h3-24H,1-2H2. The molecule has 0 N–H and O–H groups in total. The van der Waals surface area contributed by atoms with Crippen LogP contribution in [-0.4, -0.2) is 14.5 Å². The van der Waals surface area contributed by atoms with Crippen molar-refractivity contribution in [3.05, 3.63) is 146 Å². The highest BCUT2D eigenvalue weighted by Crippen LogP contribution is 2.49. The number of rotatable bonds is 5. The van der Waals surface area contributed by atoms with Crippen LogP contribution in [0.25, 0.3) is 50.9 Å². The summed E-state index contributed by atoms with van der Waals surface area (Å²) >= 11 is 0. The van der Waals surface area contributed by atoms with Crippen molar-refractivity contribution in [2.75, 3.05) is 4.90 Å². The summed E-state index contributed by atoms with van der Waals surface area (Å²) in [5.74, 6) is 3.28. The average molecular weight is 555 g/mol. The monoisotopic (exact) mass is 554 g/mol. The molecule has 204 valence electrons. The van der Waals surface area contributed by atoms with E-state index in [0.29, 0.717) is 0 Å². The van der Waals surface area contributed by atoms with Crippen molar-refractivity contribution in [1.29, 1.82) is 0 Å². The second-order valence-corrected chi connectivity index (χ2v) is 10.5. The van der Waals surface area contributed by atoms with Gasteiger partial charge in [0.25, 0.3) is 0 Å². The molecule has 0 amide bonds. The Kier molecular flexibility index (Phi) is 5.69. The Morgan fingerprint density at radius 2 is 1.07 bits per heavy atom. The molecule has 4 heterocycles. The second-order valence-electron chi connectivity index (χ2n) is 10.5. The highest BCUT2D eigenvalue weighted by atomic mass is 16.5. The van der Waals surface area contributed by atoms with Crippen molar-refractivity contribution in [1.82, 2.24) is 14.5 Å². The van der Waals surface area contributed by atoms with E-state index < -0.39 is 0 Å². The summed E-state index contributed by atoms with van der Waals surface area (Å²) in [6.07, 6.45) is 7.58. The Morgan fingerprint density at radius 1 is 0.558 bits per heavy atom. The second kappa shape index (κ2) is 9.86. The molecule has 0 fully saturated rings. The van der Waals surface area contributed by atoms with E-state index in [0.717, 1.165) is 78.6 Å². The van der Waals surface area contributed by atoms with Crippen molar-refractivity contribution < 1.29 is 4.74 Å². The number of hydrogen-bond acceptors (Lipinski definition) is 4. The van der Waals surface area contributed by atoms with E-state index in [4.69, 9.17) is 14.7 Å². The topological polar surface area (TPSA) is 43.2 Å².